The lowest BCUT2D eigenvalue weighted by atomic mass is 9.98. The molecule has 0 saturated heterocycles. The molecule has 1 aromatic carbocycles. The Kier molecular flexibility index (Phi) is 6.47. The topological polar surface area (TPSA) is 86.8 Å². The summed E-state index contributed by atoms with van der Waals surface area (Å²) in [6, 6.07) is 9.25. The fraction of sp³-hybridized carbons (Fsp3) is 0.278. The average molecular weight is 344 g/mol. The number of amides is 1. The van der Waals surface area contributed by atoms with E-state index in [-0.39, 0.29) is 12.4 Å². The number of hydrogen-bond acceptors (Lipinski definition) is 6. The van der Waals surface area contributed by atoms with Gasteiger partial charge in [0.2, 0.25) is 11.8 Å². The predicted molar refractivity (Wildman–Crippen MR) is 90.9 cm³/mol. The number of ether oxygens (including phenoxy) is 3. The van der Waals surface area contributed by atoms with E-state index in [1.54, 1.807) is 43.5 Å². The molecule has 0 bridgehead atoms. The van der Waals surface area contributed by atoms with Gasteiger partial charge in [0, 0.05) is 24.9 Å². The van der Waals surface area contributed by atoms with Crippen molar-refractivity contribution in [1.29, 1.82) is 0 Å². The van der Waals surface area contributed by atoms with E-state index in [1.807, 2.05) is 0 Å². The van der Waals surface area contributed by atoms with E-state index in [9.17, 15) is 9.59 Å². The summed E-state index contributed by atoms with van der Waals surface area (Å²) < 4.78 is 14.9. The summed E-state index contributed by atoms with van der Waals surface area (Å²) in [5, 5.41) is 2.69. The number of nitrogens with zero attached hydrogens (tertiary/aromatic N) is 1. The summed E-state index contributed by atoms with van der Waals surface area (Å²) in [4.78, 5) is 28.8. The maximum atomic E-state index is 12.9. The number of methoxy groups -OCH3 is 3. The first-order chi connectivity index (χ1) is 12.1. The van der Waals surface area contributed by atoms with Crippen LogP contribution in [0.5, 0.6) is 11.6 Å². The Morgan fingerprint density at radius 1 is 1.04 bits per heavy atom. The van der Waals surface area contributed by atoms with Crippen molar-refractivity contribution in [2.24, 2.45) is 0 Å². The van der Waals surface area contributed by atoms with E-state index in [0.29, 0.717) is 22.8 Å². The fourth-order valence-corrected chi connectivity index (χ4v) is 2.24. The molecule has 0 saturated carbocycles. The quantitative estimate of drug-likeness (QED) is 0.735. The van der Waals surface area contributed by atoms with Crippen LogP contribution in [0.15, 0.2) is 42.6 Å². The summed E-state index contributed by atoms with van der Waals surface area (Å²) in [5.74, 6) is 0.383. The zero-order chi connectivity index (χ0) is 18.2. The molecule has 1 unspecified atom stereocenters. The van der Waals surface area contributed by atoms with Gasteiger partial charge in [-0.3, -0.25) is 9.59 Å². The Bertz CT molecular complexity index is 713. The van der Waals surface area contributed by atoms with E-state index < -0.39 is 11.9 Å². The van der Waals surface area contributed by atoms with Crippen molar-refractivity contribution in [1.82, 2.24) is 10.3 Å². The number of carbonyl (C=O) groups excluding carboxylic acids is 2. The van der Waals surface area contributed by atoms with Gasteiger partial charge in [-0.1, -0.05) is 12.1 Å². The molecule has 0 aliphatic heterocycles. The molecular formula is C18H20N2O5. The molecular weight excluding hydrogens is 324 g/mol. The summed E-state index contributed by atoms with van der Waals surface area (Å²) in [6.07, 6.45) is 1.42. The lowest BCUT2D eigenvalue weighted by molar-refractivity contribution is -0.125. The van der Waals surface area contributed by atoms with Gasteiger partial charge in [-0.25, -0.2) is 4.98 Å². The van der Waals surface area contributed by atoms with Crippen molar-refractivity contribution in [2.45, 2.75) is 6.04 Å². The molecule has 1 N–H and O–H groups in total. The van der Waals surface area contributed by atoms with Gasteiger partial charge in [0.25, 0.3) is 0 Å². The van der Waals surface area contributed by atoms with Crippen LogP contribution in [0.25, 0.3) is 0 Å². The molecule has 0 aliphatic carbocycles. The van der Waals surface area contributed by atoms with Gasteiger partial charge in [-0.05, 0) is 23.8 Å². The van der Waals surface area contributed by atoms with E-state index in [4.69, 9.17) is 14.2 Å². The summed E-state index contributed by atoms with van der Waals surface area (Å²) in [5.41, 5.74) is 0.991. The number of benzene rings is 1. The van der Waals surface area contributed by atoms with Crippen molar-refractivity contribution in [3.8, 4) is 11.6 Å². The third-order valence-corrected chi connectivity index (χ3v) is 3.52. The van der Waals surface area contributed by atoms with Crippen molar-refractivity contribution in [3.05, 3.63) is 53.7 Å². The van der Waals surface area contributed by atoms with Gasteiger partial charge in [0.1, 0.15) is 18.4 Å². The van der Waals surface area contributed by atoms with E-state index >= 15 is 0 Å². The van der Waals surface area contributed by atoms with Crippen molar-refractivity contribution >= 4 is 11.7 Å². The molecule has 1 aromatic heterocycles. The number of pyridine rings is 1. The molecule has 7 heteroatoms. The Labute approximate surface area is 145 Å². The van der Waals surface area contributed by atoms with Crippen LogP contribution in [-0.2, 0) is 9.53 Å². The Hall–Kier alpha value is -2.93. The molecule has 25 heavy (non-hydrogen) atoms. The molecule has 0 aliphatic rings. The minimum atomic E-state index is -0.858. The Morgan fingerprint density at radius 2 is 1.76 bits per heavy atom. The monoisotopic (exact) mass is 344 g/mol. The zero-order valence-electron chi connectivity index (χ0n) is 14.3. The molecule has 1 amide bonds. The highest BCUT2D eigenvalue weighted by atomic mass is 16.5. The second-order valence-electron chi connectivity index (χ2n) is 5.16. The average Bonchev–Trinajstić information content (AvgIpc) is 2.66. The molecule has 1 atom stereocenters. The first kappa shape index (κ1) is 18.4. The smallest absolute Gasteiger partial charge is 0.246 e. The summed E-state index contributed by atoms with van der Waals surface area (Å²) in [6.45, 7) is -0.138. The number of rotatable bonds is 8. The molecule has 0 spiro atoms. The largest absolute Gasteiger partial charge is 0.497 e. The predicted octanol–water partition coefficient (Wildman–Crippen LogP) is 1.79. The standard InChI is InChI=1S/C18H20N2O5/c1-23-11-15(21)20-17(12-4-7-14(24-2)8-5-12)18(22)13-6-9-16(25-3)19-10-13/h4-10,17H,11H2,1-3H3,(H,20,21). The van der Waals surface area contributed by atoms with Crippen LogP contribution in [0.4, 0.5) is 0 Å². The molecule has 7 nitrogen and oxygen atoms in total. The number of nitrogens with one attached hydrogen (secondary N) is 1. The van der Waals surface area contributed by atoms with E-state index in [2.05, 4.69) is 10.3 Å². The lowest BCUT2D eigenvalue weighted by Gasteiger charge is -2.18. The second kappa shape index (κ2) is 8.79. The third-order valence-electron chi connectivity index (χ3n) is 3.52. The molecule has 2 aromatic rings. The minimum absolute atomic E-state index is 0.138. The van der Waals surface area contributed by atoms with Gasteiger partial charge < -0.3 is 19.5 Å². The van der Waals surface area contributed by atoms with Gasteiger partial charge in [0.15, 0.2) is 5.78 Å². The number of Topliss-reactive ketones (excluding diaryl/α,β-unsaturated/α-hetero) is 1. The van der Waals surface area contributed by atoms with Gasteiger partial charge in [0.05, 0.1) is 14.2 Å². The third kappa shape index (κ3) is 4.77. The highest BCUT2D eigenvalue weighted by Crippen LogP contribution is 2.22. The van der Waals surface area contributed by atoms with Crippen LogP contribution in [0.2, 0.25) is 0 Å². The number of aromatic nitrogens is 1. The van der Waals surface area contributed by atoms with Crippen LogP contribution >= 0.6 is 0 Å². The van der Waals surface area contributed by atoms with Crippen molar-refractivity contribution < 1.29 is 23.8 Å². The van der Waals surface area contributed by atoms with Gasteiger partial charge in [-0.15, -0.1) is 0 Å². The maximum absolute atomic E-state index is 12.9. The van der Waals surface area contributed by atoms with E-state index in [1.165, 1.54) is 20.4 Å². The normalized spacial score (nSPS) is 11.5. The van der Waals surface area contributed by atoms with Gasteiger partial charge in [-0.2, -0.15) is 0 Å². The van der Waals surface area contributed by atoms with Crippen LogP contribution in [0.1, 0.15) is 22.0 Å². The fourth-order valence-electron chi connectivity index (χ4n) is 2.24. The van der Waals surface area contributed by atoms with Crippen molar-refractivity contribution in [3.63, 3.8) is 0 Å². The maximum Gasteiger partial charge on any atom is 0.246 e. The lowest BCUT2D eigenvalue weighted by Crippen LogP contribution is -2.36. The molecule has 1 heterocycles. The second-order valence-corrected chi connectivity index (χ2v) is 5.16. The van der Waals surface area contributed by atoms with Crippen LogP contribution in [0, 0.1) is 0 Å². The molecule has 0 radical (unpaired) electrons. The van der Waals surface area contributed by atoms with Crippen LogP contribution in [-0.4, -0.2) is 44.6 Å². The molecule has 132 valence electrons. The highest BCUT2D eigenvalue weighted by Gasteiger charge is 2.24. The Morgan fingerprint density at radius 3 is 2.28 bits per heavy atom. The highest BCUT2D eigenvalue weighted by molar-refractivity contribution is 6.02. The number of hydrogen-bond donors (Lipinski definition) is 1. The molecule has 0 fully saturated rings. The first-order valence-corrected chi connectivity index (χ1v) is 7.55. The van der Waals surface area contributed by atoms with E-state index in [0.717, 1.165) is 0 Å². The van der Waals surface area contributed by atoms with Gasteiger partial charge >= 0.3 is 0 Å². The zero-order valence-corrected chi connectivity index (χ0v) is 14.3. The minimum Gasteiger partial charge on any atom is -0.497 e. The van der Waals surface area contributed by atoms with Crippen molar-refractivity contribution in [2.75, 3.05) is 27.9 Å². The summed E-state index contributed by atoms with van der Waals surface area (Å²) in [7, 11) is 4.47. The van der Waals surface area contributed by atoms with Crippen LogP contribution < -0.4 is 14.8 Å². The molecule has 2 rings (SSSR count). The Balaban J connectivity index is 2.30. The SMILES string of the molecule is COCC(=O)NC(C(=O)c1ccc(OC)nc1)c1ccc(OC)cc1. The van der Waals surface area contributed by atoms with Crippen LogP contribution in [0.3, 0.4) is 0 Å². The summed E-state index contributed by atoms with van der Waals surface area (Å²) >= 11 is 0. The number of carbonyl (C=O) groups is 2. The first-order valence-electron chi connectivity index (χ1n) is 7.55. The number of ketones is 1.